The van der Waals surface area contributed by atoms with E-state index in [1.165, 1.54) is 16.6 Å². The van der Waals surface area contributed by atoms with Crippen molar-refractivity contribution in [2.24, 2.45) is 7.05 Å². The summed E-state index contributed by atoms with van der Waals surface area (Å²) < 4.78 is 2.20. The van der Waals surface area contributed by atoms with E-state index in [-0.39, 0.29) is 12.4 Å². The number of pyridine rings is 1. The molecule has 3 rings (SSSR count). The van der Waals surface area contributed by atoms with Gasteiger partial charge in [-0.2, -0.15) is 4.57 Å². The van der Waals surface area contributed by atoms with E-state index in [9.17, 15) is 0 Å². The van der Waals surface area contributed by atoms with Crippen LogP contribution in [0.5, 0.6) is 0 Å². The SMILES string of the molecule is C[n+]1c(C=Cc2ccc(Cl)cc2)ccc2ccccc21.[Cl-]. The van der Waals surface area contributed by atoms with Crippen LogP contribution >= 0.6 is 11.6 Å². The second kappa shape index (κ2) is 6.75. The minimum absolute atomic E-state index is 0. The van der Waals surface area contributed by atoms with Crippen molar-refractivity contribution in [1.82, 2.24) is 0 Å². The highest BCUT2D eigenvalue weighted by Gasteiger charge is 2.07. The van der Waals surface area contributed by atoms with Crippen LogP contribution in [0.15, 0.2) is 60.7 Å². The van der Waals surface area contributed by atoms with Gasteiger partial charge in [-0.15, -0.1) is 0 Å². The van der Waals surface area contributed by atoms with Crippen LogP contribution in [0.2, 0.25) is 5.02 Å². The summed E-state index contributed by atoms with van der Waals surface area (Å²) in [6.45, 7) is 0. The average molecular weight is 316 g/mol. The number of rotatable bonds is 2. The zero-order chi connectivity index (χ0) is 13.9. The summed E-state index contributed by atoms with van der Waals surface area (Å²) >= 11 is 5.89. The molecule has 21 heavy (non-hydrogen) atoms. The highest BCUT2D eigenvalue weighted by Crippen LogP contribution is 2.14. The molecule has 0 fully saturated rings. The van der Waals surface area contributed by atoms with Crippen LogP contribution < -0.4 is 17.0 Å². The number of fused-ring (bicyclic) bond motifs is 1. The molecular formula is C18H15Cl2N. The summed E-state index contributed by atoms with van der Waals surface area (Å²) in [5.74, 6) is 0. The lowest BCUT2D eigenvalue weighted by molar-refractivity contribution is -0.646. The molecule has 0 radical (unpaired) electrons. The van der Waals surface area contributed by atoms with Gasteiger partial charge in [0.1, 0.15) is 7.05 Å². The number of hydrogen-bond acceptors (Lipinski definition) is 0. The van der Waals surface area contributed by atoms with Gasteiger partial charge in [-0.1, -0.05) is 35.9 Å². The largest absolute Gasteiger partial charge is 1.00 e. The van der Waals surface area contributed by atoms with E-state index in [4.69, 9.17) is 11.6 Å². The Labute approximate surface area is 135 Å². The molecule has 2 aromatic carbocycles. The van der Waals surface area contributed by atoms with Crippen molar-refractivity contribution in [1.29, 1.82) is 0 Å². The molecule has 0 saturated carbocycles. The van der Waals surface area contributed by atoms with E-state index >= 15 is 0 Å². The Hall–Kier alpha value is -1.83. The van der Waals surface area contributed by atoms with Gasteiger partial charge in [0.15, 0.2) is 0 Å². The first-order valence-electron chi connectivity index (χ1n) is 6.55. The molecule has 0 unspecified atom stereocenters. The van der Waals surface area contributed by atoms with Gasteiger partial charge >= 0.3 is 0 Å². The molecule has 1 aromatic heterocycles. The Balaban J connectivity index is 0.00000161. The van der Waals surface area contributed by atoms with Gasteiger partial charge in [0, 0.05) is 28.6 Å². The lowest BCUT2D eigenvalue weighted by Crippen LogP contribution is -3.00. The summed E-state index contributed by atoms with van der Waals surface area (Å²) in [7, 11) is 2.09. The van der Waals surface area contributed by atoms with Crippen LogP contribution in [0.4, 0.5) is 0 Å². The van der Waals surface area contributed by atoms with Crippen molar-refractivity contribution >= 4 is 34.7 Å². The lowest BCUT2D eigenvalue weighted by atomic mass is 10.1. The van der Waals surface area contributed by atoms with Gasteiger partial charge in [-0.05, 0) is 35.9 Å². The molecule has 0 aliphatic heterocycles. The topological polar surface area (TPSA) is 3.88 Å². The molecule has 1 nitrogen and oxygen atoms in total. The van der Waals surface area contributed by atoms with Crippen molar-refractivity contribution < 1.29 is 17.0 Å². The number of aromatic nitrogens is 1. The standard InChI is InChI=1S/C18H15ClN.ClH/c1-20-17(12-8-14-6-10-16(19)11-7-14)13-9-15-4-2-3-5-18(15)20;/h2-13H,1H3;1H/q+1;/p-1. The average Bonchev–Trinajstić information content (AvgIpc) is 2.49. The first-order valence-corrected chi connectivity index (χ1v) is 6.93. The molecule has 0 aliphatic carbocycles. The molecule has 0 aliphatic rings. The quantitative estimate of drug-likeness (QED) is 0.631. The third kappa shape index (κ3) is 3.44. The Morgan fingerprint density at radius 1 is 0.857 bits per heavy atom. The first kappa shape index (κ1) is 15.6. The van der Waals surface area contributed by atoms with Crippen LogP contribution in [0, 0.1) is 0 Å². The van der Waals surface area contributed by atoms with E-state index in [1.807, 2.05) is 24.3 Å². The first-order chi connectivity index (χ1) is 9.74. The molecule has 1 heterocycles. The number of para-hydroxylation sites is 1. The van der Waals surface area contributed by atoms with E-state index in [0.717, 1.165) is 10.6 Å². The van der Waals surface area contributed by atoms with Crippen LogP contribution in [-0.4, -0.2) is 0 Å². The molecule has 0 bridgehead atoms. The molecule has 106 valence electrons. The monoisotopic (exact) mass is 315 g/mol. The molecule has 0 amide bonds. The summed E-state index contributed by atoms with van der Waals surface area (Å²) in [6, 6.07) is 20.5. The van der Waals surface area contributed by atoms with Crippen molar-refractivity contribution in [3.63, 3.8) is 0 Å². The van der Waals surface area contributed by atoms with E-state index in [0.29, 0.717) is 0 Å². The normalized spacial score (nSPS) is 10.8. The van der Waals surface area contributed by atoms with E-state index in [1.54, 1.807) is 0 Å². The second-order valence-electron chi connectivity index (χ2n) is 4.76. The Kier molecular flexibility index (Phi) is 5.00. The predicted molar refractivity (Wildman–Crippen MR) is 85.5 cm³/mol. The minimum Gasteiger partial charge on any atom is -1.00 e. The molecule has 3 heteroatoms. The van der Waals surface area contributed by atoms with Gasteiger partial charge < -0.3 is 12.4 Å². The Morgan fingerprint density at radius 3 is 2.33 bits per heavy atom. The van der Waals surface area contributed by atoms with Gasteiger partial charge in [0.05, 0.1) is 0 Å². The number of nitrogens with zero attached hydrogens (tertiary/aromatic N) is 1. The van der Waals surface area contributed by atoms with Crippen molar-refractivity contribution in [3.8, 4) is 0 Å². The number of halogens is 2. The fraction of sp³-hybridized carbons (Fsp3) is 0.0556. The number of benzene rings is 2. The fourth-order valence-electron chi connectivity index (χ4n) is 2.28. The predicted octanol–water partition coefficient (Wildman–Crippen LogP) is 1.49. The van der Waals surface area contributed by atoms with Crippen molar-refractivity contribution in [2.45, 2.75) is 0 Å². The van der Waals surface area contributed by atoms with Crippen LogP contribution in [0.1, 0.15) is 11.3 Å². The third-order valence-corrected chi connectivity index (χ3v) is 3.69. The molecule has 3 aromatic rings. The van der Waals surface area contributed by atoms with Crippen LogP contribution in [-0.2, 0) is 7.05 Å². The summed E-state index contributed by atoms with van der Waals surface area (Å²) in [5, 5.41) is 2.01. The lowest BCUT2D eigenvalue weighted by Gasteiger charge is -1.99. The highest BCUT2D eigenvalue weighted by molar-refractivity contribution is 6.30. The van der Waals surface area contributed by atoms with E-state index < -0.39 is 0 Å². The van der Waals surface area contributed by atoms with Gasteiger partial charge in [-0.3, -0.25) is 0 Å². The summed E-state index contributed by atoms with van der Waals surface area (Å²) in [4.78, 5) is 0. The van der Waals surface area contributed by atoms with Gasteiger partial charge in [0.25, 0.3) is 0 Å². The third-order valence-electron chi connectivity index (χ3n) is 3.44. The van der Waals surface area contributed by atoms with Gasteiger partial charge in [0.2, 0.25) is 11.2 Å². The molecule has 0 atom stereocenters. The fourth-order valence-corrected chi connectivity index (χ4v) is 2.41. The summed E-state index contributed by atoms with van der Waals surface area (Å²) in [6.07, 6.45) is 4.22. The minimum atomic E-state index is 0. The molecule has 0 N–H and O–H groups in total. The zero-order valence-electron chi connectivity index (χ0n) is 11.6. The summed E-state index contributed by atoms with van der Waals surface area (Å²) in [5.41, 5.74) is 3.53. The second-order valence-corrected chi connectivity index (χ2v) is 5.20. The maximum Gasteiger partial charge on any atom is 0.212 e. The Bertz CT molecular complexity index is 777. The number of hydrogen-bond donors (Lipinski definition) is 0. The van der Waals surface area contributed by atoms with Crippen LogP contribution in [0.3, 0.4) is 0 Å². The molecule has 0 spiro atoms. The van der Waals surface area contributed by atoms with Gasteiger partial charge in [-0.25, -0.2) is 0 Å². The van der Waals surface area contributed by atoms with Crippen molar-refractivity contribution in [3.05, 3.63) is 76.9 Å². The zero-order valence-corrected chi connectivity index (χ0v) is 13.1. The van der Waals surface area contributed by atoms with Crippen molar-refractivity contribution in [2.75, 3.05) is 0 Å². The smallest absolute Gasteiger partial charge is 0.212 e. The maximum atomic E-state index is 5.89. The van der Waals surface area contributed by atoms with Crippen LogP contribution in [0.25, 0.3) is 23.1 Å². The molecular weight excluding hydrogens is 301 g/mol. The number of aryl methyl sites for hydroxylation is 1. The highest BCUT2D eigenvalue weighted by atomic mass is 35.5. The Morgan fingerprint density at radius 2 is 1.57 bits per heavy atom. The molecule has 0 saturated heterocycles. The van der Waals surface area contributed by atoms with E-state index in [2.05, 4.69) is 60.2 Å². The maximum absolute atomic E-state index is 5.89.